The summed E-state index contributed by atoms with van der Waals surface area (Å²) in [4.78, 5) is 15.7. The van der Waals surface area contributed by atoms with Crippen molar-refractivity contribution in [1.82, 2.24) is 15.8 Å². The molecule has 2 rings (SSSR count). The maximum absolute atomic E-state index is 11.8. The number of aromatic nitrogens is 1. The van der Waals surface area contributed by atoms with Gasteiger partial charge in [0.05, 0.1) is 12.1 Å². The molecule has 15 heavy (non-hydrogen) atoms. The average Bonchev–Trinajstić information content (AvgIpc) is 2.66. The first-order valence-electron chi connectivity index (χ1n) is 4.93. The molecule has 0 saturated carbocycles. The van der Waals surface area contributed by atoms with Crippen LogP contribution in [0.1, 0.15) is 5.56 Å². The summed E-state index contributed by atoms with van der Waals surface area (Å²) in [6.07, 6.45) is 3.52. The molecule has 4 N–H and O–H groups in total. The maximum atomic E-state index is 11.8. The van der Waals surface area contributed by atoms with E-state index in [4.69, 9.17) is 5.73 Å². The fourth-order valence-corrected chi connectivity index (χ4v) is 1.66. The average molecular weight is 206 g/mol. The number of ketones is 1. The second-order valence-electron chi connectivity index (χ2n) is 3.66. The normalized spacial score (nSPS) is 25.4. The third-order valence-corrected chi connectivity index (χ3v) is 2.57. The van der Waals surface area contributed by atoms with Crippen LogP contribution in [0.2, 0.25) is 0 Å². The van der Waals surface area contributed by atoms with E-state index in [1.54, 1.807) is 12.4 Å². The molecule has 0 bridgehead atoms. The number of hydrogen-bond acceptors (Lipinski definition) is 5. The Morgan fingerprint density at radius 3 is 2.87 bits per heavy atom. The lowest BCUT2D eigenvalue weighted by Gasteiger charge is -2.11. The van der Waals surface area contributed by atoms with E-state index in [2.05, 4.69) is 15.8 Å². The molecule has 2 heterocycles. The highest BCUT2D eigenvalue weighted by atomic mass is 16.1. The van der Waals surface area contributed by atoms with Crippen LogP contribution >= 0.6 is 0 Å². The molecular weight excluding hydrogens is 192 g/mol. The van der Waals surface area contributed by atoms with Gasteiger partial charge in [-0.05, 0) is 17.7 Å². The minimum atomic E-state index is -0.278. The molecule has 0 amide bonds. The van der Waals surface area contributed by atoms with E-state index in [0.29, 0.717) is 13.0 Å². The van der Waals surface area contributed by atoms with E-state index in [-0.39, 0.29) is 17.9 Å². The highest BCUT2D eigenvalue weighted by Crippen LogP contribution is 2.09. The SMILES string of the molecule is NC1NNCC1C(=O)Cc1ccncc1. The van der Waals surface area contributed by atoms with E-state index in [9.17, 15) is 4.79 Å². The number of nitrogens with two attached hydrogens (primary N) is 1. The van der Waals surface area contributed by atoms with Crippen LogP contribution in [0.5, 0.6) is 0 Å². The van der Waals surface area contributed by atoms with Gasteiger partial charge in [-0.1, -0.05) is 0 Å². The van der Waals surface area contributed by atoms with Crippen molar-refractivity contribution in [2.24, 2.45) is 11.7 Å². The van der Waals surface area contributed by atoms with Crippen LogP contribution < -0.4 is 16.6 Å². The Labute approximate surface area is 88.0 Å². The van der Waals surface area contributed by atoms with Crippen LogP contribution in [0.3, 0.4) is 0 Å². The Morgan fingerprint density at radius 2 is 2.27 bits per heavy atom. The Morgan fingerprint density at radius 1 is 1.53 bits per heavy atom. The first-order valence-corrected chi connectivity index (χ1v) is 4.93. The summed E-state index contributed by atoms with van der Waals surface area (Å²) in [6, 6.07) is 3.69. The summed E-state index contributed by atoms with van der Waals surface area (Å²) < 4.78 is 0. The zero-order valence-corrected chi connectivity index (χ0v) is 8.31. The monoisotopic (exact) mass is 206 g/mol. The van der Waals surface area contributed by atoms with E-state index in [1.165, 1.54) is 0 Å². The highest BCUT2D eigenvalue weighted by molar-refractivity contribution is 5.84. The number of carbonyl (C=O) groups excluding carboxylic acids is 1. The number of hydrazine groups is 1. The predicted octanol–water partition coefficient (Wildman–Crippen LogP) is -0.798. The Hall–Kier alpha value is -1.30. The summed E-state index contributed by atoms with van der Waals surface area (Å²) >= 11 is 0. The number of nitrogens with one attached hydrogen (secondary N) is 2. The first-order chi connectivity index (χ1) is 7.27. The number of pyridine rings is 1. The van der Waals surface area contributed by atoms with Crippen LogP contribution in [0.4, 0.5) is 0 Å². The van der Waals surface area contributed by atoms with Gasteiger partial charge in [0.15, 0.2) is 0 Å². The van der Waals surface area contributed by atoms with E-state index >= 15 is 0 Å². The molecule has 0 aliphatic carbocycles. The van der Waals surface area contributed by atoms with Gasteiger partial charge >= 0.3 is 0 Å². The molecule has 5 heteroatoms. The van der Waals surface area contributed by atoms with E-state index in [0.717, 1.165) is 5.56 Å². The molecule has 0 aromatic carbocycles. The van der Waals surface area contributed by atoms with Crippen molar-refractivity contribution in [1.29, 1.82) is 0 Å². The fourth-order valence-electron chi connectivity index (χ4n) is 1.66. The lowest BCUT2D eigenvalue weighted by molar-refractivity contribution is -0.122. The number of hydrogen-bond donors (Lipinski definition) is 3. The molecule has 5 nitrogen and oxygen atoms in total. The van der Waals surface area contributed by atoms with Gasteiger partial charge in [0, 0.05) is 25.4 Å². The molecular formula is C10H14N4O. The Bertz CT molecular complexity index is 341. The molecule has 1 aromatic heterocycles. The third kappa shape index (κ3) is 2.38. The van der Waals surface area contributed by atoms with Gasteiger partial charge in [0.1, 0.15) is 5.78 Å². The van der Waals surface area contributed by atoms with Gasteiger partial charge in [-0.25, -0.2) is 5.43 Å². The smallest absolute Gasteiger partial charge is 0.144 e. The number of rotatable bonds is 3. The van der Waals surface area contributed by atoms with Gasteiger partial charge in [0.25, 0.3) is 0 Å². The fraction of sp³-hybridized carbons (Fsp3) is 0.400. The van der Waals surface area contributed by atoms with E-state index in [1.807, 2.05) is 12.1 Å². The Kier molecular flexibility index (Phi) is 3.05. The van der Waals surface area contributed by atoms with Crippen LogP contribution in [0.25, 0.3) is 0 Å². The van der Waals surface area contributed by atoms with Crippen molar-refractivity contribution in [3.8, 4) is 0 Å². The van der Waals surface area contributed by atoms with Crippen LogP contribution in [0, 0.1) is 5.92 Å². The quantitative estimate of drug-likeness (QED) is 0.603. The lowest BCUT2D eigenvalue weighted by atomic mass is 9.97. The van der Waals surface area contributed by atoms with Crippen molar-refractivity contribution in [2.75, 3.05) is 6.54 Å². The maximum Gasteiger partial charge on any atom is 0.144 e. The third-order valence-electron chi connectivity index (χ3n) is 2.57. The van der Waals surface area contributed by atoms with Gasteiger partial charge < -0.3 is 5.73 Å². The molecule has 1 aliphatic rings. The molecule has 0 spiro atoms. The topological polar surface area (TPSA) is 80.0 Å². The van der Waals surface area contributed by atoms with Crippen molar-refractivity contribution >= 4 is 5.78 Å². The molecule has 2 unspecified atom stereocenters. The molecule has 0 radical (unpaired) electrons. The van der Waals surface area contributed by atoms with Crippen molar-refractivity contribution in [2.45, 2.75) is 12.6 Å². The Balaban J connectivity index is 1.98. The minimum absolute atomic E-state index is 0.141. The molecule has 2 atom stereocenters. The molecule has 80 valence electrons. The summed E-state index contributed by atoms with van der Waals surface area (Å²) in [5.41, 5.74) is 12.4. The van der Waals surface area contributed by atoms with Gasteiger partial charge in [-0.15, -0.1) is 0 Å². The minimum Gasteiger partial charge on any atom is -0.314 e. The second kappa shape index (κ2) is 4.48. The molecule has 1 fully saturated rings. The highest BCUT2D eigenvalue weighted by Gasteiger charge is 2.29. The number of nitrogens with zero attached hydrogens (tertiary/aromatic N) is 1. The first kappa shape index (κ1) is 10.2. The molecule has 1 aromatic rings. The predicted molar refractivity (Wildman–Crippen MR) is 55.6 cm³/mol. The van der Waals surface area contributed by atoms with E-state index < -0.39 is 0 Å². The number of Topliss-reactive ketones (excluding diaryl/α,β-unsaturated/α-hetero) is 1. The standard InChI is InChI=1S/C10H14N4O/c11-10-8(6-13-14-10)9(15)5-7-1-3-12-4-2-7/h1-4,8,10,13-14H,5-6,11H2. The molecule has 1 aliphatic heterocycles. The van der Waals surface area contributed by atoms with Crippen LogP contribution in [-0.4, -0.2) is 23.5 Å². The van der Waals surface area contributed by atoms with Gasteiger partial charge in [-0.2, -0.15) is 0 Å². The van der Waals surface area contributed by atoms with Crippen LogP contribution in [0.15, 0.2) is 24.5 Å². The van der Waals surface area contributed by atoms with Gasteiger partial charge in [-0.3, -0.25) is 15.2 Å². The molecule has 1 saturated heterocycles. The lowest BCUT2D eigenvalue weighted by Crippen LogP contribution is -2.41. The zero-order chi connectivity index (χ0) is 10.7. The van der Waals surface area contributed by atoms with Crippen molar-refractivity contribution < 1.29 is 4.79 Å². The zero-order valence-electron chi connectivity index (χ0n) is 8.31. The van der Waals surface area contributed by atoms with Crippen molar-refractivity contribution in [3.63, 3.8) is 0 Å². The van der Waals surface area contributed by atoms with Crippen LogP contribution in [-0.2, 0) is 11.2 Å². The summed E-state index contributed by atoms with van der Waals surface area (Å²) in [5, 5.41) is 0. The van der Waals surface area contributed by atoms with Gasteiger partial charge in [0.2, 0.25) is 0 Å². The van der Waals surface area contributed by atoms with Crippen molar-refractivity contribution in [3.05, 3.63) is 30.1 Å². The largest absolute Gasteiger partial charge is 0.314 e. The second-order valence-corrected chi connectivity index (χ2v) is 3.66. The summed E-state index contributed by atoms with van der Waals surface area (Å²) in [7, 11) is 0. The number of carbonyl (C=O) groups is 1. The summed E-state index contributed by atoms with van der Waals surface area (Å²) in [6.45, 7) is 0.602. The summed E-state index contributed by atoms with van der Waals surface area (Å²) in [5.74, 6) is 0.0179.